The zero-order valence-corrected chi connectivity index (χ0v) is 12.5. The molecule has 0 radical (unpaired) electrons. The number of carbonyl (C=O) groups excluding carboxylic acids is 1. The van der Waals surface area contributed by atoms with Crippen molar-refractivity contribution in [2.45, 2.75) is 19.5 Å². The normalized spacial score (nSPS) is 16.5. The third kappa shape index (κ3) is 3.69. The minimum Gasteiger partial charge on any atom is -0.434 e. The number of hydrogen-bond donors (Lipinski definition) is 0. The Labute approximate surface area is 125 Å². The number of carbonyl (C=O) groups is 1. The van der Waals surface area contributed by atoms with Crippen LogP contribution in [0.4, 0.5) is 8.78 Å². The molecule has 110 valence electrons. The highest BCUT2D eigenvalue weighted by molar-refractivity contribution is 9.09. The monoisotopic (exact) mass is 347 g/mol. The number of nitrogens with zero attached hydrogens (tertiary/aromatic N) is 1. The Morgan fingerprint density at radius 1 is 1.35 bits per heavy atom. The number of alkyl halides is 3. The molecule has 1 heterocycles. The molecule has 1 saturated heterocycles. The molecule has 1 aliphatic rings. The quantitative estimate of drug-likeness (QED) is 0.779. The van der Waals surface area contributed by atoms with Crippen molar-refractivity contribution in [2.24, 2.45) is 5.92 Å². The SMILES string of the molecule is O=C(c1ccccc1OC(F)F)N1CCC(CBr)CC1. The molecule has 1 aromatic carbocycles. The van der Waals surface area contributed by atoms with Crippen molar-refractivity contribution in [2.75, 3.05) is 18.4 Å². The molecule has 0 bridgehead atoms. The molecular weight excluding hydrogens is 332 g/mol. The molecule has 1 fully saturated rings. The van der Waals surface area contributed by atoms with E-state index in [-0.39, 0.29) is 17.2 Å². The number of likely N-dealkylation sites (tertiary alicyclic amines) is 1. The summed E-state index contributed by atoms with van der Waals surface area (Å²) in [6.07, 6.45) is 1.85. The lowest BCUT2D eigenvalue weighted by atomic mass is 9.98. The van der Waals surface area contributed by atoms with Crippen LogP contribution in [0.3, 0.4) is 0 Å². The first-order valence-corrected chi connectivity index (χ1v) is 7.63. The lowest BCUT2D eigenvalue weighted by Gasteiger charge is -2.31. The molecule has 20 heavy (non-hydrogen) atoms. The summed E-state index contributed by atoms with van der Waals surface area (Å²) in [5.41, 5.74) is 0.199. The maximum absolute atomic E-state index is 12.4. The number of piperidine rings is 1. The lowest BCUT2D eigenvalue weighted by molar-refractivity contribution is -0.0503. The molecule has 0 atom stereocenters. The number of hydrogen-bond acceptors (Lipinski definition) is 2. The highest BCUT2D eigenvalue weighted by Crippen LogP contribution is 2.25. The molecule has 0 spiro atoms. The van der Waals surface area contributed by atoms with Crippen molar-refractivity contribution in [1.29, 1.82) is 0 Å². The van der Waals surface area contributed by atoms with Crippen LogP contribution in [0, 0.1) is 5.92 Å². The Kier molecular flexibility index (Phi) is 5.34. The average molecular weight is 348 g/mol. The number of rotatable bonds is 4. The van der Waals surface area contributed by atoms with Crippen molar-refractivity contribution in [3.8, 4) is 5.75 Å². The van der Waals surface area contributed by atoms with Crippen molar-refractivity contribution in [3.63, 3.8) is 0 Å². The van der Waals surface area contributed by atoms with E-state index < -0.39 is 6.61 Å². The van der Waals surface area contributed by atoms with Crippen LogP contribution >= 0.6 is 15.9 Å². The Morgan fingerprint density at radius 3 is 2.60 bits per heavy atom. The van der Waals surface area contributed by atoms with Gasteiger partial charge in [-0.05, 0) is 30.9 Å². The van der Waals surface area contributed by atoms with Crippen molar-refractivity contribution >= 4 is 21.8 Å². The molecule has 6 heteroatoms. The Morgan fingerprint density at radius 2 is 2.00 bits per heavy atom. The minimum absolute atomic E-state index is 0.0601. The van der Waals surface area contributed by atoms with E-state index in [0.717, 1.165) is 18.2 Å². The summed E-state index contributed by atoms with van der Waals surface area (Å²) in [6, 6.07) is 6.14. The molecule has 0 aromatic heterocycles. The summed E-state index contributed by atoms with van der Waals surface area (Å²) >= 11 is 3.44. The molecule has 1 amide bonds. The molecule has 0 aliphatic carbocycles. The number of amides is 1. The predicted molar refractivity (Wildman–Crippen MR) is 75.5 cm³/mol. The van der Waals surface area contributed by atoms with Gasteiger partial charge in [0.2, 0.25) is 0 Å². The summed E-state index contributed by atoms with van der Waals surface area (Å²) in [5.74, 6) is 0.274. The van der Waals surface area contributed by atoms with Crippen molar-refractivity contribution in [3.05, 3.63) is 29.8 Å². The number of ether oxygens (including phenoxy) is 1. The smallest absolute Gasteiger partial charge is 0.387 e. The van der Waals surface area contributed by atoms with Crippen LogP contribution in [0.15, 0.2) is 24.3 Å². The molecule has 0 N–H and O–H groups in total. The lowest BCUT2D eigenvalue weighted by Crippen LogP contribution is -2.39. The van der Waals surface area contributed by atoms with Gasteiger partial charge in [0.05, 0.1) is 5.56 Å². The van der Waals surface area contributed by atoms with Gasteiger partial charge in [-0.15, -0.1) is 0 Å². The third-order valence-corrected chi connectivity index (χ3v) is 4.37. The van der Waals surface area contributed by atoms with Gasteiger partial charge >= 0.3 is 6.61 Å². The first-order valence-electron chi connectivity index (χ1n) is 6.51. The minimum atomic E-state index is -2.93. The largest absolute Gasteiger partial charge is 0.434 e. The van der Waals surface area contributed by atoms with Gasteiger partial charge in [0.1, 0.15) is 5.75 Å². The summed E-state index contributed by atoms with van der Waals surface area (Å²) in [4.78, 5) is 14.1. The van der Waals surface area contributed by atoms with E-state index >= 15 is 0 Å². The second-order valence-corrected chi connectivity index (χ2v) is 5.41. The van der Waals surface area contributed by atoms with Crippen LogP contribution in [0.1, 0.15) is 23.2 Å². The molecule has 2 rings (SSSR count). The van der Waals surface area contributed by atoms with Crippen LogP contribution < -0.4 is 4.74 Å². The van der Waals surface area contributed by atoms with Crippen LogP contribution in [-0.2, 0) is 0 Å². The van der Waals surface area contributed by atoms with Gasteiger partial charge in [0, 0.05) is 18.4 Å². The summed E-state index contributed by atoms with van der Waals surface area (Å²) in [6.45, 7) is -1.63. The predicted octanol–water partition coefficient (Wildman–Crippen LogP) is 3.54. The van der Waals surface area contributed by atoms with Gasteiger partial charge in [-0.2, -0.15) is 8.78 Å². The van der Waals surface area contributed by atoms with Gasteiger partial charge in [0.25, 0.3) is 5.91 Å². The number of para-hydroxylation sites is 1. The van der Waals surface area contributed by atoms with Gasteiger partial charge in [-0.3, -0.25) is 4.79 Å². The third-order valence-electron chi connectivity index (χ3n) is 3.45. The van der Waals surface area contributed by atoms with Gasteiger partial charge < -0.3 is 9.64 Å². The highest BCUT2D eigenvalue weighted by atomic mass is 79.9. The number of benzene rings is 1. The zero-order valence-electron chi connectivity index (χ0n) is 10.9. The molecule has 1 aromatic rings. The zero-order chi connectivity index (χ0) is 14.5. The topological polar surface area (TPSA) is 29.5 Å². The van der Waals surface area contributed by atoms with Gasteiger partial charge in [0.15, 0.2) is 0 Å². The standard InChI is InChI=1S/C14H16BrF2NO2/c15-9-10-5-7-18(8-6-10)13(19)11-3-1-2-4-12(11)20-14(16)17/h1-4,10,14H,5-9H2. The molecule has 0 unspecified atom stereocenters. The Hall–Kier alpha value is -1.17. The van der Waals surface area contributed by atoms with E-state index in [4.69, 9.17) is 0 Å². The van der Waals surface area contributed by atoms with Crippen LogP contribution in [0.2, 0.25) is 0 Å². The second-order valence-electron chi connectivity index (χ2n) is 4.76. The van der Waals surface area contributed by atoms with E-state index in [0.29, 0.717) is 19.0 Å². The van der Waals surface area contributed by atoms with Crippen LogP contribution in [-0.4, -0.2) is 35.8 Å². The summed E-state index contributed by atoms with van der Waals surface area (Å²) < 4.78 is 29.1. The van der Waals surface area contributed by atoms with E-state index in [1.54, 1.807) is 17.0 Å². The van der Waals surface area contributed by atoms with E-state index in [1.807, 2.05) is 0 Å². The fraction of sp³-hybridized carbons (Fsp3) is 0.500. The van der Waals surface area contributed by atoms with Crippen LogP contribution in [0.5, 0.6) is 5.75 Å². The second kappa shape index (κ2) is 7.02. The fourth-order valence-electron chi connectivity index (χ4n) is 2.30. The number of halogens is 3. The Bertz CT molecular complexity index is 462. The Balaban J connectivity index is 2.09. The first kappa shape index (κ1) is 15.2. The van der Waals surface area contributed by atoms with Crippen molar-refractivity contribution in [1.82, 2.24) is 4.90 Å². The van der Waals surface area contributed by atoms with E-state index in [2.05, 4.69) is 20.7 Å². The van der Waals surface area contributed by atoms with Gasteiger partial charge in [-0.25, -0.2) is 0 Å². The summed E-state index contributed by atoms with van der Waals surface area (Å²) in [7, 11) is 0. The van der Waals surface area contributed by atoms with Crippen LogP contribution in [0.25, 0.3) is 0 Å². The highest BCUT2D eigenvalue weighted by Gasteiger charge is 2.25. The molecule has 3 nitrogen and oxygen atoms in total. The summed E-state index contributed by atoms with van der Waals surface area (Å²) in [5, 5.41) is 0.931. The van der Waals surface area contributed by atoms with E-state index in [9.17, 15) is 13.6 Å². The molecule has 0 saturated carbocycles. The first-order chi connectivity index (χ1) is 9.61. The van der Waals surface area contributed by atoms with Crippen molar-refractivity contribution < 1.29 is 18.3 Å². The average Bonchev–Trinajstić information content (AvgIpc) is 2.46. The maximum atomic E-state index is 12.4. The van der Waals surface area contributed by atoms with Gasteiger partial charge in [-0.1, -0.05) is 28.1 Å². The fourth-order valence-corrected chi connectivity index (χ4v) is 2.95. The molecular formula is C14H16BrF2NO2. The molecule has 1 aliphatic heterocycles. The maximum Gasteiger partial charge on any atom is 0.387 e. The van der Waals surface area contributed by atoms with E-state index in [1.165, 1.54) is 12.1 Å².